The number of hydrogen-bond acceptors (Lipinski definition) is 14. The first-order chi connectivity index (χ1) is 39.0. The second-order valence-electron chi connectivity index (χ2n) is 24.9. The van der Waals surface area contributed by atoms with E-state index in [1.165, 1.54) is 69.4 Å². The van der Waals surface area contributed by atoms with Gasteiger partial charge in [0.1, 0.15) is 11.5 Å². The molecule has 0 saturated carbocycles. The van der Waals surface area contributed by atoms with E-state index in [-0.39, 0.29) is 50.4 Å². The Morgan fingerprint density at radius 2 is 1.04 bits per heavy atom. The van der Waals surface area contributed by atoms with E-state index >= 15 is 0 Å². The molecule has 5 N–H and O–H groups in total. The van der Waals surface area contributed by atoms with Crippen molar-refractivity contribution in [3.63, 3.8) is 0 Å². The van der Waals surface area contributed by atoms with Gasteiger partial charge in [-0.15, -0.1) is 0 Å². The Balaban J connectivity index is 0.000000300. The summed E-state index contributed by atoms with van der Waals surface area (Å²) < 4.78 is 41.7. The standard InChI is InChI=1S/C25H33NO4.C20H25NO3.C9H14O3.C9H18O.C5H10O.CH4/c1-25(24(27)28-2,18-30-23-10-6-7-15-29-23)17-22(26)16-19-11-13-21(14-12-19)20-8-4-3-5-9-20;1-20(14-22,19(23)24-2)13-18(21)12-15-8-10-17(11-9-15)16-6-4-3-5-7-16;1-6-7(5-9(2,3)4)12-8(10)11-6;1-9(2,3)8-6-4-5-7-10-8;1-2-4-6-5-3-1;/h3-5,8-9,11-14,22-23H,6-7,10,15-18,26H2,1-2H3;3-11,18,22H,12-14,21H2,1-2H3;5H2,1-4H3;8H,4-7H2,1-3H3;1-5H2;1H4/t22-,23?,25+;18-,20+;;;;/m11..../s1. The molecule has 4 aromatic carbocycles. The minimum absolute atomic E-state index is 0. The first kappa shape index (κ1) is 71.8. The van der Waals surface area contributed by atoms with Crippen LogP contribution < -0.4 is 17.3 Å². The third kappa shape index (κ3) is 26.6. The largest absolute Gasteiger partial charge is 0.519 e. The van der Waals surface area contributed by atoms with Crippen molar-refractivity contribution < 1.29 is 52.0 Å². The van der Waals surface area contributed by atoms with Gasteiger partial charge in [0.2, 0.25) is 0 Å². The molecule has 3 aliphatic rings. The van der Waals surface area contributed by atoms with Crippen molar-refractivity contribution in [1.29, 1.82) is 0 Å². The molecule has 462 valence electrons. The molecule has 0 spiro atoms. The predicted molar refractivity (Wildman–Crippen MR) is 333 cm³/mol. The Morgan fingerprint density at radius 1 is 0.590 bits per heavy atom. The van der Waals surface area contributed by atoms with Crippen LogP contribution in [0.2, 0.25) is 0 Å². The van der Waals surface area contributed by atoms with Crippen molar-refractivity contribution in [2.24, 2.45) is 33.1 Å². The maximum Gasteiger partial charge on any atom is 0.519 e. The third-order valence-electron chi connectivity index (χ3n) is 14.7. The Kier molecular flexibility index (Phi) is 31.5. The van der Waals surface area contributed by atoms with Crippen molar-refractivity contribution in [2.45, 2.75) is 184 Å². The lowest BCUT2D eigenvalue weighted by Gasteiger charge is -2.33. The average Bonchev–Trinajstić information content (AvgIpc) is 3.83. The van der Waals surface area contributed by atoms with Gasteiger partial charge in [0.05, 0.1) is 44.4 Å². The van der Waals surface area contributed by atoms with Gasteiger partial charge in [-0.05, 0) is 148 Å². The normalized spacial score (nSPS) is 18.2. The minimum Gasteiger partial charge on any atom is -0.469 e. The molecule has 3 aliphatic heterocycles. The first-order valence-electron chi connectivity index (χ1n) is 29.6. The van der Waals surface area contributed by atoms with Gasteiger partial charge in [0, 0.05) is 44.9 Å². The maximum absolute atomic E-state index is 12.5. The van der Waals surface area contributed by atoms with Crippen LogP contribution in [0.15, 0.2) is 123 Å². The molecule has 4 heterocycles. The summed E-state index contributed by atoms with van der Waals surface area (Å²) in [7, 11) is 2.73. The molecule has 83 heavy (non-hydrogen) atoms. The van der Waals surface area contributed by atoms with E-state index < -0.39 is 22.6 Å². The molecule has 5 aromatic rings. The average molecular weight is 1150 g/mol. The van der Waals surface area contributed by atoms with Gasteiger partial charge >= 0.3 is 17.8 Å². The van der Waals surface area contributed by atoms with Gasteiger partial charge < -0.3 is 53.8 Å². The number of rotatable bonds is 17. The highest BCUT2D eigenvalue weighted by Crippen LogP contribution is 2.31. The minimum atomic E-state index is -0.960. The zero-order valence-corrected chi connectivity index (χ0v) is 51.4. The number of ether oxygens (including phenoxy) is 6. The van der Waals surface area contributed by atoms with E-state index in [1.807, 2.05) is 43.3 Å². The molecule has 0 bridgehead atoms. The van der Waals surface area contributed by atoms with E-state index in [4.69, 9.17) is 48.7 Å². The summed E-state index contributed by atoms with van der Waals surface area (Å²) in [5.41, 5.74) is 18.3. The molecule has 14 nitrogen and oxygen atoms in total. The molecule has 0 aliphatic carbocycles. The molecule has 2 unspecified atom stereocenters. The molecule has 3 fully saturated rings. The summed E-state index contributed by atoms with van der Waals surface area (Å²) in [5, 5.41) is 9.51. The van der Waals surface area contributed by atoms with Crippen LogP contribution in [0, 0.1) is 28.6 Å². The van der Waals surface area contributed by atoms with E-state index in [2.05, 4.69) is 114 Å². The molecule has 0 radical (unpaired) electrons. The molecular weight excluding hydrogens is 1050 g/mol. The summed E-state index contributed by atoms with van der Waals surface area (Å²) in [6.45, 7) is 21.9. The Morgan fingerprint density at radius 3 is 1.39 bits per heavy atom. The highest BCUT2D eigenvalue weighted by molar-refractivity contribution is 5.77. The van der Waals surface area contributed by atoms with Crippen molar-refractivity contribution in [3.05, 3.63) is 142 Å². The van der Waals surface area contributed by atoms with E-state index in [0.29, 0.717) is 55.3 Å². The highest BCUT2D eigenvalue weighted by atomic mass is 16.7. The molecule has 14 heteroatoms. The number of methoxy groups -OCH3 is 2. The third-order valence-corrected chi connectivity index (χ3v) is 14.7. The van der Waals surface area contributed by atoms with Gasteiger partial charge in [-0.1, -0.05) is 158 Å². The van der Waals surface area contributed by atoms with Gasteiger partial charge in [-0.3, -0.25) is 9.59 Å². The lowest BCUT2D eigenvalue weighted by molar-refractivity contribution is -0.188. The zero-order valence-electron chi connectivity index (χ0n) is 51.4. The number of esters is 2. The number of carbonyl (C=O) groups excluding carboxylic acids is 2. The summed E-state index contributed by atoms with van der Waals surface area (Å²) in [5.74, 6) is -0.0813. The van der Waals surface area contributed by atoms with Crippen LogP contribution in [-0.4, -0.2) is 95.4 Å². The summed E-state index contributed by atoms with van der Waals surface area (Å²) in [6.07, 6.45) is 13.9. The van der Waals surface area contributed by atoms with Crippen molar-refractivity contribution in [1.82, 2.24) is 0 Å². The Bertz CT molecular complexity index is 2580. The van der Waals surface area contributed by atoms with Gasteiger partial charge in [0.25, 0.3) is 0 Å². The molecular formula is C69H104N2O12. The first-order valence-corrected chi connectivity index (χ1v) is 29.6. The number of aliphatic hydroxyl groups is 1. The van der Waals surface area contributed by atoms with E-state index in [9.17, 15) is 19.5 Å². The van der Waals surface area contributed by atoms with Crippen molar-refractivity contribution in [2.75, 3.05) is 53.9 Å². The summed E-state index contributed by atoms with van der Waals surface area (Å²) in [6, 6.07) is 36.7. The van der Waals surface area contributed by atoms with Crippen LogP contribution in [0.3, 0.4) is 0 Å². The number of nitrogens with two attached hydrogens (primary N) is 2. The second kappa shape index (κ2) is 36.4. The predicted octanol–water partition coefficient (Wildman–Crippen LogP) is 13.7. The number of benzene rings is 4. The van der Waals surface area contributed by atoms with Crippen LogP contribution in [0.5, 0.6) is 0 Å². The molecule has 6 atom stereocenters. The van der Waals surface area contributed by atoms with Crippen LogP contribution >= 0.6 is 0 Å². The van der Waals surface area contributed by atoms with Crippen LogP contribution in [0.25, 0.3) is 22.3 Å². The van der Waals surface area contributed by atoms with Crippen molar-refractivity contribution in [3.8, 4) is 22.3 Å². The molecule has 0 amide bonds. The molecule has 1 aromatic heterocycles. The number of aryl methyl sites for hydroxylation is 1. The van der Waals surface area contributed by atoms with Crippen LogP contribution in [0.1, 0.15) is 156 Å². The lowest BCUT2D eigenvalue weighted by atomic mass is 9.82. The monoisotopic (exact) mass is 1150 g/mol. The van der Waals surface area contributed by atoms with Gasteiger partial charge in [0.15, 0.2) is 6.29 Å². The Labute approximate surface area is 497 Å². The summed E-state index contributed by atoms with van der Waals surface area (Å²) in [4.78, 5) is 35.0. The SMILES string of the molecule is C.C1CCOCC1.CC(C)(C)C1CCCCO1.COC(=O)[C@](C)(CO)C[C@H](N)Cc1ccc(-c2ccccc2)cc1.COC(=O)[C@](C)(COC1CCCCO1)C[C@H](N)Cc1ccc(-c2ccccc2)cc1.Cc1oc(=O)oc1CC(C)(C)C. The van der Waals surface area contributed by atoms with Crippen molar-refractivity contribution >= 4 is 11.9 Å². The fourth-order valence-corrected chi connectivity index (χ4v) is 9.99. The number of aliphatic hydroxyl groups excluding tert-OH is 1. The number of hydrogen-bond donors (Lipinski definition) is 3. The fraction of sp³-hybridized carbons (Fsp3) is 0.580. The van der Waals surface area contributed by atoms with Crippen LogP contribution in [0.4, 0.5) is 0 Å². The topological polar surface area (TPSA) is 205 Å². The highest BCUT2D eigenvalue weighted by Gasteiger charge is 2.38. The smallest absolute Gasteiger partial charge is 0.469 e. The molecule has 3 saturated heterocycles. The van der Waals surface area contributed by atoms with E-state index in [1.54, 1.807) is 13.8 Å². The van der Waals surface area contributed by atoms with Gasteiger partial charge in [-0.2, -0.15) is 0 Å². The summed E-state index contributed by atoms with van der Waals surface area (Å²) >= 11 is 0. The second-order valence-corrected chi connectivity index (χ2v) is 24.9. The van der Waals surface area contributed by atoms with Crippen LogP contribution in [-0.2, 0) is 57.3 Å². The van der Waals surface area contributed by atoms with Gasteiger partial charge in [-0.25, -0.2) is 4.79 Å². The quantitative estimate of drug-likeness (QED) is 0.0741. The zero-order chi connectivity index (χ0) is 60.2. The number of carbonyl (C=O) groups is 2. The van der Waals surface area contributed by atoms with E-state index in [0.717, 1.165) is 62.2 Å². The Hall–Kier alpha value is -5.45. The maximum atomic E-state index is 12.5. The lowest BCUT2D eigenvalue weighted by Crippen LogP contribution is -2.42. The molecule has 8 rings (SSSR count). The fourth-order valence-electron chi connectivity index (χ4n) is 9.99.